The zero-order valence-corrected chi connectivity index (χ0v) is 10.2. The minimum atomic E-state index is -0.168. The Labute approximate surface area is 98.4 Å². The summed E-state index contributed by atoms with van der Waals surface area (Å²) in [7, 11) is 1.57. The first-order valence-electron chi connectivity index (χ1n) is 5.08. The normalized spacial score (nSPS) is 13.0. The molecule has 16 heavy (non-hydrogen) atoms. The number of rotatable bonds is 3. The molecule has 0 fully saturated rings. The van der Waals surface area contributed by atoms with Gasteiger partial charge in [-0.3, -0.25) is 0 Å². The number of hydrogen-bond acceptors (Lipinski definition) is 4. The van der Waals surface area contributed by atoms with Crippen molar-refractivity contribution in [1.29, 1.82) is 0 Å². The summed E-state index contributed by atoms with van der Waals surface area (Å²) in [6, 6.07) is 0. The fraction of sp³-hybridized carbons (Fsp3) is 0.500. The molecule has 0 spiro atoms. The van der Waals surface area contributed by atoms with Gasteiger partial charge in [-0.15, -0.1) is 11.6 Å². The van der Waals surface area contributed by atoms with E-state index in [1.54, 1.807) is 7.11 Å². The van der Waals surface area contributed by atoms with E-state index in [9.17, 15) is 0 Å². The van der Waals surface area contributed by atoms with E-state index in [2.05, 4.69) is 15.0 Å². The van der Waals surface area contributed by atoms with Crippen molar-refractivity contribution in [2.24, 2.45) is 0 Å². The van der Waals surface area contributed by atoms with Gasteiger partial charge in [-0.2, -0.15) is 4.98 Å². The van der Waals surface area contributed by atoms with Gasteiger partial charge in [0.2, 0.25) is 5.88 Å². The molecule has 86 valence electrons. The summed E-state index contributed by atoms with van der Waals surface area (Å²) < 4.78 is 7.12. The molecular formula is C10H13ClN4O. The van der Waals surface area contributed by atoms with Crippen LogP contribution in [0, 0.1) is 0 Å². The second-order valence-electron chi connectivity index (χ2n) is 3.39. The number of aromatic nitrogens is 4. The van der Waals surface area contributed by atoms with Crippen LogP contribution in [-0.2, 0) is 6.54 Å². The van der Waals surface area contributed by atoms with E-state index in [1.165, 1.54) is 6.33 Å². The van der Waals surface area contributed by atoms with Crippen molar-refractivity contribution in [1.82, 2.24) is 19.5 Å². The lowest BCUT2D eigenvalue weighted by molar-refractivity contribution is 0.401. The van der Waals surface area contributed by atoms with Gasteiger partial charge in [0.1, 0.15) is 12.2 Å². The largest absolute Gasteiger partial charge is 0.479 e. The summed E-state index contributed by atoms with van der Waals surface area (Å²) in [6.07, 6.45) is 1.47. The van der Waals surface area contributed by atoms with Crippen LogP contribution in [0.4, 0.5) is 0 Å². The van der Waals surface area contributed by atoms with Gasteiger partial charge in [-0.25, -0.2) is 9.97 Å². The van der Waals surface area contributed by atoms with Gasteiger partial charge in [0, 0.05) is 6.54 Å². The van der Waals surface area contributed by atoms with Crippen molar-refractivity contribution in [3.8, 4) is 5.88 Å². The van der Waals surface area contributed by atoms with Crippen molar-refractivity contribution in [3.05, 3.63) is 12.2 Å². The Morgan fingerprint density at radius 1 is 1.50 bits per heavy atom. The molecule has 0 bridgehead atoms. The molecule has 0 aromatic carbocycles. The summed E-state index contributed by atoms with van der Waals surface area (Å²) >= 11 is 6.08. The van der Waals surface area contributed by atoms with E-state index in [-0.39, 0.29) is 5.38 Å². The van der Waals surface area contributed by atoms with Crippen LogP contribution in [0.2, 0.25) is 0 Å². The lowest BCUT2D eigenvalue weighted by Crippen LogP contribution is -2.02. The van der Waals surface area contributed by atoms with Crippen LogP contribution in [-0.4, -0.2) is 26.6 Å². The minimum Gasteiger partial charge on any atom is -0.479 e. The highest BCUT2D eigenvalue weighted by atomic mass is 35.5. The molecule has 0 radical (unpaired) electrons. The quantitative estimate of drug-likeness (QED) is 0.772. The van der Waals surface area contributed by atoms with Crippen molar-refractivity contribution in [3.63, 3.8) is 0 Å². The van der Waals surface area contributed by atoms with Gasteiger partial charge in [-0.05, 0) is 13.8 Å². The number of fused-ring (bicyclic) bond motifs is 1. The highest BCUT2D eigenvalue weighted by Gasteiger charge is 2.17. The van der Waals surface area contributed by atoms with Crippen LogP contribution < -0.4 is 4.74 Å². The molecule has 2 rings (SSSR count). The number of ether oxygens (including phenoxy) is 1. The summed E-state index contributed by atoms with van der Waals surface area (Å²) in [5.74, 6) is 1.27. The van der Waals surface area contributed by atoms with Gasteiger partial charge in [-0.1, -0.05) is 0 Å². The number of halogens is 1. The van der Waals surface area contributed by atoms with E-state index >= 15 is 0 Å². The van der Waals surface area contributed by atoms with Crippen molar-refractivity contribution in [2.45, 2.75) is 25.8 Å². The first kappa shape index (κ1) is 11.1. The number of nitrogens with zero attached hydrogens (tertiary/aromatic N) is 4. The van der Waals surface area contributed by atoms with E-state index in [0.29, 0.717) is 11.4 Å². The molecule has 2 aromatic heterocycles. The predicted octanol–water partition coefficient (Wildman–Crippen LogP) is 2.15. The van der Waals surface area contributed by atoms with Gasteiger partial charge >= 0.3 is 0 Å². The van der Waals surface area contributed by atoms with Gasteiger partial charge in [0.25, 0.3) is 0 Å². The molecule has 6 heteroatoms. The molecule has 1 atom stereocenters. The SMILES string of the molecule is CCn1c(C(C)Cl)nc2c(OC)ncnc21. The molecule has 0 N–H and O–H groups in total. The summed E-state index contributed by atoms with van der Waals surface area (Å²) in [5, 5.41) is -0.168. The van der Waals surface area contributed by atoms with Gasteiger partial charge < -0.3 is 9.30 Å². The second kappa shape index (κ2) is 4.25. The number of alkyl halides is 1. The first-order valence-corrected chi connectivity index (χ1v) is 5.51. The average Bonchev–Trinajstić information content (AvgIpc) is 2.67. The van der Waals surface area contributed by atoms with Crippen molar-refractivity contribution in [2.75, 3.05) is 7.11 Å². The van der Waals surface area contributed by atoms with Crippen LogP contribution in [0.1, 0.15) is 25.0 Å². The van der Waals surface area contributed by atoms with E-state index in [4.69, 9.17) is 16.3 Å². The Morgan fingerprint density at radius 3 is 2.81 bits per heavy atom. The summed E-state index contributed by atoms with van der Waals surface area (Å²) in [5.41, 5.74) is 1.42. The zero-order valence-electron chi connectivity index (χ0n) is 9.44. The lowest BCUT2D eigenvalue weighted by atomic mass is 10.4. The lowest BCUT2D eigenvalue weighted by Gasteiger charge is -2.05. The van der Waals surface area contributed by atoms with Crippen LogP contribution in [0.15, 0.2) is 6.33 Å². The molecular weight excluding hydrogens is 228 g/mol. The zero-order chi connectivity index (χ0) is 11.7. The third-order valence-electron chi connectivity index (χ3n) is 2.39. The molecule has 0 aliphatic heterocycles. The first-order chi connectivity index (χ1) is 7.69. The van der Waals surface area contributed by atoms with Crippen molar-refractivity contribution < 1.29 is 4.74 Å². The van der Waals surface area contributed by atoms with Gasteiger partial charge in [0.15, 0.2) is 11.2 Å². The van der Waals surface area contributed by atoms with Crippen LogP contribution >= 0.6 is 11.6 Å². The standard InChI is InChI=1S/C10H13ClN4O/c1-4-15-8(6(2)11)14-7-9(15)12-5-13-10(7)16-3/h5-6H,4H2,1-3H3. The smallest absolute Gasteiger partial charge is 0.245 e. The molecule has 5 nitrogen and oxygen atoms in total. The molecule has 0 amide bonds. The highest BCUT2D eigenvalue weighted by molar-refractivity contribution is 6.20. The number of imidazole rings is 1. The molecule has 2 aromatic rings. The van der Waals surface area contributed by atoms with Gasteiger partial charge in [0.05, 0.1) is 12.5 Å². The third kappa shape index (κ3) is 1.61. The van der Waals surface area contributed by atoms with Crippen LogP contribution in [0.25, 0.3) is 11.2 Å². The Hall–Kier alpha value is -1.36. The maximum absolute atomic E-state index is 6.08. The Morgan fingerprint density at radius 2 is 2.25 bits per heavy atom. The van der Waals surface area contributed by atoms with E-state index < -0.39 is 0 Å². The fourth-order valence-corrected chi connectivity index (χ4v) is 1.86. The number of methoxy groups -OCH3 is 1. The maximum atomic E-state index is 6.08. The topological polar surface area (TPSA) is 52.8 Å². The van der Waals surface area contributed by atoms with Crippen LogP contribution in [0.5, 0.6) is 5.88 Å². The molecule has 0 aliphatic rings. The van der Waals surface area contributed by atoms with E-state index in [0.717, 1.165) is 18.0 Å². The Kier molecular flexibility index (Phi) is 2.96. The Balaban J connectivity index is 2.75. The monoisotopic (exact) mass is 240 g/mol. The van der Waals surface area contributed by atoms with E-state index in [1.807, 2.05) is 18.4 Å². The predicted molar refractivity (Wildman–Crippen MR) is 61.8 cm³/mol. The molecule has 1 unspecified atom stereocenters. The molecule has 0 saturated carbocycles. The Bertz CT molecular complexity index is 509. The second-order valence-corrected chi connectivity index (χ2v) is 4.04. The number of aryl methyl sites for hydroxylation is 1. The third-order valence-corrected chi connectivity index (χ3v) is 2.59. The fourth-order valence-electron chi connectivity index (χ4n) is 1.70. The average molecular weight is 241 g/mol. The summed E-state index contributed by atoms with van der Waals surface area (Å²) in [4.78, 5) is 12.7. The molecule has 0 aliphatic carbocycles. The molecule has 2 heterocycles. The number of hydrogen-bond donors (Lipinski definition) is 0. The highest BCUT2D eigenvalue weighted by Crippen LogP contribution is 2.26. The van der Waals surface area contributed by atoms with Crippen molar-refractivity contribution >= 4 is 22.8 Å². The summed E-state index contributed by atoms with van der Waals surface area (Å²) in [6.45, 7) is 4.68. The minimum absolute atomic E-state index is 0.168. The molecule has 0 saturated heterocycles. The maximum Gasteiger partial charge on any atom is 0.245 e. The van der Waals surface area contributed by atoms with Crippen LogP contribution in [0.3, 0.4) is 0 Å².